The van der Waals surface area contributed by atoms with E-state index in [-0.39, 0.29) is 24.7 Å². The van der Waals surface area contributed by atoms with Crippen LogP contribution in [0.4, 0.5) is 0 Å². The molecule has 0 aromatic rings. The van der Waals surface area contributed by atoms with Crippen molar-refractivity contribution in [1.82, 2.24) is 5.32 Å². The van der Waals surface area contributed by atoms with E-state index in [9.17, 15) is 18.0 Å². The number of methoxy groups -OCH3 is 1. The Morgan fingerprint density at radius 3 is 2.30 bits per heavy atom. The zero-order valence-corrected chi connectivity index (χ0v) is 13.1. The van der Waals surface area contributed by atoms with Crippen molar-refractivity contribution < 1.29 is 27.9 Å². The smallest absolute Gasteiger partial charge is 0.305 e. The van der Waals surface area contributed by atoms with Crippen molar-refractivity contribution >= 4 is 21.7 Å². The molecule has 0 aliphatic rings. The molecule has 2 N–H and O–H groups in total. The first-order valence-corrected chi connectivity index (χ1v) is 8.04. The predicted molar refractivity (Wildman–Crippen MR) is 74.2 cm³/mol. The minimum atomic E-state index is -3.50. The van der Waals surface area contributed by atoms with Gasteiger partial charge in [0.1, 0.15) is 5.75 Å². The Morgan fingerprint density at radius 2 is 1.90 bits per heavy atom. The van der Waals surface area contributed by atoms with Gasteiger partial charge in [0.25, 0.3) is 0 Å². The van der Waals surface area contributed by atoms with Gasteiger partial charge in [0.15, 0.2) is 9.84 Å². The number of sulfone groups is 1. The number of carbonyl (C=O) groups is 2. The van der Waals surface area contributed by atoms with Gasteiger partial charge in [0.05, 0.1) is 24.3 Å². The van der Waals surface area contributed by atoms with Crippen LogP contribution in [0.25, 0.3) is 0 Å². The molecule has 1 unspecified atom stereocenters. The Labute approximate surface area is 119 Å². The standard InChI is InChI=1S/C12H23NO6S/c1-9(2)6-20(17,18)7-10(14)13-12(3,8-19-4)5-11(15)16/h9H,5-8H2,1-4H3,(H,13,14)(H,15,16). The second-order valence-electron chi connectivity index (χ2n) is 5.56. The van der Waals surface area contributed by atoms with Crippen molar-refractivity contribution in [3.63, 3.8) is 0 Å². The number of carboxylic acid groups (broad SMARTS) is 1. The number of carboxylic acids is 1. The van der Waals surface area contributed by atoms with Crippen LogP contribution in [0.1, 0.15) is 27.2 Å². The van der Waals surface area contributed by atoms with Gasteiger partial charge in [-0.25, -0.2) is 8.42 Å². The Morgan fingerprint density at radius 1 is 1.35 bits per heavy atom. The summed E-state index contributed by atoms with van der Waals surface area (Å²) >= 11 is 0. The van der Waals surface area contributed by atoms with Gasteiger partial charge in [-0.15, -0.1) is 0 Å². The van der Waals surface area contributed by atoms with Crippen LogP contribution in [0.5, 0.6) is 0 Å². The maximum atomic E-state index is 11.8. The lowest BCUT2D eigenvalue weighted by Crippen LogP contribution is -2.52. The summed E-state index contributed by atoms with van der Waals surface area (Å²) in [4.78, 5) is 22.6. The molecule has 0 fully saturated rings. The van der Waals surface area contributed by atoms with Crippen molar-refractivity contribution in [1.29, 1.82) is 0 Å². The molecule has 20 heavy (non-hydrogen) atoms. The van der Waals surface area contributed by atoms with Crippen LogP contribution in [0.3, 0.4) is 0 Å². The summed E-state index contributed by atoms with van der Waals surface area (Å²) in [7, 11) is -2.12. The summed E-state index contributed by atoms with van der Waals surface area (Å²) in [5.41, 5.74) is -1.13. The number of hydrogen-bond acceptors (Lipinski definition) is 5. The van der Waals surface area contributed by atoms with E-state index >= 15 is 0 Å². The molecule has 0 radical (unpaired) electrons. The van der Waals surface area contributed by atoms with Gasteiger partial charge in [-0.3, -0.25) is 9.59 Å². The fraction of sp³-hybridized carbons (Fsp3) is 0.833. The van der Waals surface area contributed by atoms with Gasteiger partial charge < -0.3 is 15.2 Å². The summed E-state index contributed by atoms with van der Waals surface area (Å²) < 4.78 is 28.3. The van der Waals surface area contributed by atoms with Crippen LogP contribution in [0.2, 0.25) is 0 Å². The van der Waals surface area contributed by atoms with E-state index in [0.29, 0.717) is 0 Å². The van der Waals surface area contributed by atoms with Gasteiger partial charge in [-0.1, -0.05) is 13.8 Å². The van der Waals surface area contributed by atoms with Crippen LogP contribution in [0, 0.1) is 5.92 Å². The maximum Gasteiger partial charge on any atom is 0.305 e. The minimum Gasteiger partial charge on any atom is -0.481 e. The van der Waals surface area contributed by atoms with Crippen LogP contribution in [0.15, 0.2) is 0 Å². The number of carbonyl (C=O) groups excluding carboxylic acids is 1. The summed E-state index contributed by atoms with van der Waals surface area (Å²) in [6, 6.07) is 0. The second kappa shape index (κ2) is 7.58. The van der Waals surface area contributed by atoms with Gasteiger partial charge in [-0.05, 0) is 12.8 Å². The Hall–Kier alpha value is -1.15. The first-order valence-electron chi connectivity index (χ1n) is 6.22. The van der Waals surface area contributed by atoms with Gasteiger partial charge in [0, 0.05) is 7.11 Å². The lowest BCUT2D eigenvalue weighted by molar-refractivity contribution is -0.139. The average Bonchev–Trinajstić information content (AvgIpc) is 2.10. The first kappa shape index (κ1) is 18.9. The van der Waals surface area contributed by atoms with E-state index in [4.69, 9.17) is 9.84 Å². The monoisotopic (exact) mass is 309 g/mol. The largest absolute Gasteiger partial charge is 0.481 e. The van der Waals surface area contributed by atoms with E-state index in [1.54, 1.807) is 13.8 Å². The van der Waals surface area contributed by atoms with Gasteiger partial charge in [0.2, 0.25) is 5.91 Å². The molecule has 8 heteroatoms. The molecule has 0 saturated heterocycles. The highest BCUT2D eigenvalue weighted by atomic mass is 32.2. The highest BCUT2D eigenvalue weighted by Gasteiger charge is 2.31. The van der Waals surface area contributed by atoms with E-state index < -0.39 is 33.0 Å². The normalized spacial score (nSPS) is 14.8. The summed E-state index contributed by atoms with van der Waals surface area (Å²) in [6.45, 7) is 4.97. The molecule has 1 atom stereocenters. The molecule has 0 saturated carbocycles. The fourth-order valence-electron chi connectivity index (χ4n) is 1.92. The number of aliphatic carboxylic acids is 1. The van der Waals surface area contributed by atoms with Crippen molar-refractivity contribution in [2.45, 2.75) is 32.7 Å². The second-order valence-corrected chi connectivity index (χ2v) is 7.67. The Balaban J connectivity index is 4.73. The molecule has 0 aliphatic heterocycles. The van der Waals surface area contributed by atoms with Crippen LogP contribution in [-0.2, 0) is 24.2 Å². The molecule has 0 bridgehead atoms. The van der Waals surface area contributed by atoms with Gasteiger partial charge in [-0.2, -0.15) is 0 Å². The minimum absolute atomic E-state index is 0.0186. The van der Waals surface area contributed by atoms with E-state index in [2.05, 4.69) is 5.32 Å². The van der Waals surface area contributed by atoms with E-state index in [0.717, 1.165) is 0 Å². The highest BCUT2D eigenvalue weighted by molar-refractivity contribution is 7.92. The molecule has 0 rings (SSSR count). The van der Waals surface area contributed by atoms with Crippen molar-refractivity contribution in [2.75, 3.05) is 25.2 Å². The topological polar surface area (TPSA) is 110 Å². The summed E-state index contributed by atoms with van der Waals surface area (Å²) in [5, 5.41) is 11.2. The van der Waals surface area contributed by atoms with Crippen LogP contribution >= 0.6 is 0 Å². The predicted octanol–water partition coefficient (Wildman–Crippen LogP) is 0.0532. The lowest BCUT2D eigenvalue weighted by Gasteiger charge is -2.28. The Kier molecular flexibility index (Phi) is 7.15. The molecular weight excluding hydrogens is 286 g/mol. The SMILES string of the molecule is COCC(C)(CC(=O)O)NC(=O)CS(=O)(=O)CC(C)C. The number of hydrogen-bond donors (Lipinski definition) is 2. The Bertz CT molecular complexity index is 445. The molecule has 7 nitrogen and oxygen atoms in total. The number of rotatable bonds is 9. The van der Waals surface area contributed by atoms with Crippen LogP contribution < -0.4 is 5.32 Å². The molecule has 0 heterocycles. The van der Waals surface area contributed by atoms with Crippen molar-refractivity contribution in [2.24, 2.45) is 5.92 Å². The first-order chi connectivity index (χ1) is 8.99. The summed E-state index contributed by atoms with van der Waals surface area (Å²) in [6.07, 6.45) is -0.350. The third-order valence-corrected chi connectivity index (χ3v) is 4.26. The molecule has 118 valence electrons. The zero-order valence-electron chi connectivity index (χ0n) is 12.3. The number of amides is 1. The molecular formula is C12H23NO6S. The van der Waals surface area contributed by atoms with Crippen molar-refractivity contribution in [3.8, 4) is 0 Å². The fourth-order valence-corrected chi connectivity index (χ4v) is 3.53. The zero-order chi connectivity index (χ0) is 16.0. The third kappa shape index (κ3) is 8.11. The number of nitrogens with one attached hydrogen (secondary N) is 1. The van der Waals surface area contributed by atoms with Crippen molar-refractivity contribution in [3.05, 3.63) is 0 Å². The highest BCUT2D eigenvalue weighted by Crippen LogP contribution is 2.11. The van der Waals surface area contributed by atoms with Crippen LogP contribution in [-0.4, -0.2) is 56.2 Å². The maximum absolute atomic E-state index is 11.8. The molecule has 0 spiro atoms. The quantitative estimate of drug-likeness (QED) is 0.623. The van der Waals surface area contributed by atoms with E-state index in [1.807, 2.05) is 0 Å². The summed E-state index contributed by atoms with van der Waals surface area (Å²) in [5.74, 6) is -2.62. The van der Waals surface area contributed by atoms with E-state index in [1.165, 1.54) is 14.0 Å². The molecule has 0 aromatic carbocycles. The third-order valence-electron chi connectivity index (χ3n) is 2.38. The van der Waals surface area contributed by atoms with Gasteiger partial charge >= 0.3 is 5.97 Å². The lowest BCUT2D eigenvalue weighted by atomic mass is 9.99. The average molecular weight is 309 g/mol. The molecule has 1 amide bonds. The molecule has 0 aliphatic carbocycles. The number of ether oxygens (including phenoxy) is 1. The molecule has 0 aromatic heterocycles.